The third-order valence-corrected chi connectivity index (χ3v) is 5.20. The molecule has 1 aliphatic carbocycles. The van der Waals surface area contributed by atoms with Crippen LogP contribution in [0.5, 0.6) is 0 Å². The fourth-order valence-corrected chi connectivity index (χ4v) is 3.79. The monoisotopic (exact) mass is 272 g/mol. The number of hydrogen-bond donors (Lipinski definition) is 1. The van der Waals surface area contributed by atoms with Crippen molar-refractivity contribution in [2.75, 3.05) is 19.6 Å². The first-order chi connectivity index (χ1) is 9.83. The Morgan fingerprint density at radius 3 is 2.65 bits per heavy atom. The second-order valence-corrected chi connectivity index (χ2v) is 6.65. The number of piperazine rings is 1. The van der Waals surface area contributed by atoms with Gasteiger partial charge in [0, 0.05) is 25.2 Å². The Morgan fingerprint density at radius 2 is 1.90 bits per heavy atom. The molecule has 0 aromatic heterocycles. The van der Waals surface area contributed by atoms with Gasteiger partial charge in [-0.05, 0) is 31.4 Å². The molecule has 0 spiro atoms. The molecule has 2 nitrogen and oxygen atoms in total. The van der Waals surface area contributed by atoms with E-state index in [0.717, 1.165) is 19.0 Å². The zero-order valence-corrected chi connectivity index (χ0v) is 12.7. The molecule has 0 bridgehead atoms. The third kappa shape index (κ3) is 3.42. The third-order valence-electron chi connectivity index (χ3n) is 5.20. The van der Waals surface area contributed by atoms with Gasteiger partial charge in [0.15, 0.2) is 0 Å². The lowest BCUT2D eigenvalue weighted by Gasteiger charge is -2.39. The first-order valence-corrected chi connectivity index (χ1v) is 8.35. The van der Waals surface area contributed by atoms with Crippen LogP contribution in [0.15, 0.2) is 30.3 Å². The predicted octanol–water partition coefficient (Wildman–Crippen LogP) is 3.60. The normalized spacial score (nSPS) is 28.9. The summed E-state index contributed by atoms with van der Waals surface area (Å²) in [6, 6.07) is 12.1. The van der Waals surface area contributed by atoms with Crippen LogP contribution in [0.2, 0.25) is 0 Å². The van der Waals surface area contributed by atoms with Crippen LogP contribution in [0.3, 0.4) is 0 Å². The highest BCUT2D eigenvalue weighted by Crippen LogP contribution is 2.28. The van der Waals surface area contributed by atoms with Gasteiger partial charge in [-0.25, -0.2) is 0 Å². The molecule has 20 heavy (non-hydrogen) atoms. The second-order valence-electron chi connectivity index (χ2n) is 6.65. The van der Waals surface area contributed by atoms with Gasteiger partial charge in [-0.3, -0.25) is 4.90 Å². The van der Waals surface area contributed by atoms with E-state index in [2.05, 4.69) is 47.5 Å². The molecule has 2 aliphatic rings. The summed E-state index contributed by atoms with van der Waals surface area (Å²) in [6.07, 6.45) is 7.29. The quantitative estimate of drug-likeness (QED) is 0.901. The smallest absolute Gasteiger partial charge is 0.0449 e. The van der Waals surface area contributed by atoms with Crippen LogP contribution in [-0.4, -0.2) is 30.6 Å². The van der Waals surface area contributed by atoms with Crippen LogP contribution in [0.4, 0.5) is 0 Å². The van der Waals surface area contributed by atoms with Gasteiger partial charge >= 0.3 is 0 Å². The minimum absolute atomic E-state index is 0.510. The Balaban J connectivity index is 1.55. The van der Waals surface area contributed by atoms with E-state index in [9.17, 15) is 0 Å². The van der Waals surface area contributed by atoms with Crippen molar-refractivity contribution in [2.45, 2.75) is 51.1 Å². The van der Waals surface area contributed by atoms with Gasteiger partial charge in [-0.15, -0.1) is 0 Å². The molecule has 1 heterocycles. The van der Waals surface area contributed by atoms with E-state index in [1.54, 1.807) is 0 Å². The predicted molar refractivity (Wildman–Crippen MR) is 84.8 cm³/mol. The van der Waals surface area contributed by atoms with Crippen molar-refractivity contribution in [1.82, 2.24) is 10.2 Å². The van der Waals surface area contributed by atoms with E-state index in [1.165, 1.54) is 44.2 Å². The van der Waals surface area contributed by atoms with Gasteiger partial charge in [-0.1, -0.05) is 56.0 Å². The Morgan fingerprint density at radius 1 is 1.15 bits per heavy atom. The number of hydrogen-bond acceptors (Lipinski definition) is 2. The highest BCUT2D eigenvalue weighted by Gasteiger charge is 2.26. The number of nitrogens with one attached hydrogen (secondary N) is 1. The molecule has 2 unspecified atom stereocenters. The van der Waals surface area contributed by atoms with E-state index in [4.69, 9.17) is 0 Å². The van der Waals surface area contributed by atoms with Crippen LogP contribution in [0.25, 0.3) is 0 Å². The Hall–Kier alpha value is -0.860. The molecule has 1 saturated heterocycles. The zero-order chi connectivity index (χ0) is 13.8. The number of nitrogens with zero attached hydrogens (tertiary/aromatic N) is 1. The molecule has 2 atom stereocenters. The maximum absolute atomic E-state index is 3.70. The topological polar surface area (TPSA) is 15.3 Å². The molecular weight excluding hydrogens is 244 g/mol. The van der Waals surface area contributed by atoms with Crippen LogP contribution in [0.1, 0.15) is 50.6 Å². The molecule has 2 fully saturated rings. The maximum Gasteiger partial charge on any atom is 0.0449 e. The highest BCUT2D eigenvalue weighted by atomic mass is 15.2. The van der Waals surface area contributed by atoms with E-state index >= 15 is 0 Å². The van der Waals surface area contributed by atoms with Gasteiger partial charge < -0.3 is 5.32 Å². The van der Waals surface area contributed by atoms with Crippen molar-refractivity contribution in [1.29, 1.82) is 0 Å². The summed E-state index contributed by atoms with van der Waals surface area (Å²) in [7, 11) is 0. The molecule has 1 aliphatic heterocycles. The lowest BCUT2D eigenvalue weighted by atomic mass is 9.99. The summed E-state index contributed by atoms with van der Waals surface area (Å²) in [5, 5.41) is 3.70. The van der Waals surface area contributed by atoms with Gasteiger partial charge in [-0.2, -0.15) is 0 Å². The van der Waals surface area contributed by atoms with Crippen LogP contribution >= 0.6 is 0 Å². The van der Waals surface area contributed by atoms with Crippen LogP contribution in [-0.2, 0) is 0 Å². The lowest BCUT2D eigenvalue weighted by Crippen LogP contribution is -2.51. The van der Waals surface area contributed by atoms with Crippen molar-refractivity contribution in [2.24, 2.45) is 5.92 Å². The Labute approximate surface area is 123 Å². The summed E-state index contributed by atoms with van der Waals surface area (Å²) in [5.74, 6) is 1.01. The van der Waals surface area contributed by atoms with E-state index < -0.39 is 0 Å². The molecule has 3 rings (SSSR count). The maximum atomic E-state index is 3.70. The minimum atomic E-state index is 0.510. The Bertz CT molecular complexity index is 397. The summed E-state index contributed by atoms with van der Waals surface area (Å²) in [5.41, 5.74) is 1.44. The molecule has 1 aromatic rings. The number of benzene rings is 1. The number of rotatable bonds is 4. The molecule has 1 aromatic carbocycles. The van der Waals surface area contributed by atoms with Gasteiger partial charge in [0.05, 0.1) is 0 Å². The van der Waals surface area contributed by atoms with Crippen LogP contribution in [0, 0.1) is 5.92 Å². The summed E-state index contributed by atoms with van der Waals surface area (Å²) in [6.45, 7) is 5.93. The van der Waals surface area contributed by atoms with E-state index in [1.807, 2.05) is 0 Å². The van der Waals surface area contributed by atoms with E-state index in [0.29, 0.717) is 12.1 Å². The summed E-state index contributed by atoms with van der Waals surface area (Å²) in [4.78, 5) is 2.70. The molecule has 0 radical (unpaired) electrons. The second kappa shape index (κ2) is 6.73. The first-order valence-electron chi connectivity index (χ1n) is 8.35. The standard InChI is InChI=1S/C18H28N2/c1-15-13-19-18(17-9-3-2-4-10-17)14-20(15)12-11-16-7-5-6-8-16/h2-4,9-10,15-16,18-19H,5-8,11-14H2,1H3. The van der Waals surface area contributed by atoms with Crippen molar-refractivity contribution in [3.05, 3.63) is 35.9 Å². The SMILES string of the molecule is CC1CNC(c2ccccc2)CN1CCC1CCCC1. The molecule has 1 saturated carbocycles. The zero-order valence-electron chi connectivity index (χ0n) is 12.7. The molecular formula is C18H28N2. The van der Waals surface area contributed by atoms with Gasteiger partial charge in [0.25, 0.3) is 0 Å². The summed E-state index contributed by atoms with van der Waals surface area (Å²) >= 11 is 0. The largest absolute Gasteiger partial charge is 0.307 e. The van der Waals surface area contributed by atoms with E-state index in [-0.39, 0.29) is 0 Å². The molecule has 0 amide bonds. The molecule has 2 heteroatoms. The Kier molecular flexibility index (Phi) is 4.74. The first kappa shape index (κ1) is 14.1. The average molecular weight is 272 g/mol. The van der Waals surface area contributed by atoms with Gasteiger partial charge in [0.1, 0.15) is 0 Å². The van der Waals surface area contributed by atoms with Crippen molar-refractivity contribution >= 4 is 0 Å². The van der Waals surface area contributed by atoms with Gasteiger partial charge in [0.2, 0.25) is 0 Å². The summed E-state index contributed by atoms with van der Waals surface area (Å²) < 4.78 is 0. The van der Waals surface area contributed by atoms with Crippen molar-refractivity contribution < 1.29 is 0 Å². The molecule has 1 N–H and O–H groups in total. The minimum Gasteiger partial charge on any atom is -0.307 e. The lowest BCUT2D eigenvalue weighted by molar-refractivity contribution is 0.132. The van der Waals surface area contributed by atoms with Crippen molar-refractivity contribution in [3.8, 4) is 0 Å². The highest BCUT2D eigenvalue weighted by molar-refractivity contribution is 5.20. The fourth-order valence-electron chi connectivity index (χ4n) is 3.79. The molecule has 110 valence electrons. The fraction of sp³-hybridized carbons (Fsp3) is 0.667. The average Bonchev–Trinajstić information content (AvgIpc) is 3.01. The van der Waals surface area contributed by atoms with Crippen LogP contribution < -0.4 is 5.32 Å². The van der Waals surface area contributed by atoms with Crippen molar-refractivity contribution in [3.63, 3.8) is 0 Å².